The van der Waals surface area contributed by atoms with Crippen LogP contribution in [0.2, 0.25) is 0 Å². The number of benzene rings is 8. The average Bonchev–Trinajstić information content (AvgIpc) is 4.02. The van der Waals surface area contributed by atoms with Gasteiger partial charge in [-0.15, -0.1) is 0 Å². The quantitative estimate of drug-likeness (QED) is 0.180. The number of pyridine rings is 1. The summed E-state index contributed by atoms with van der Waals surface area (Å²) in [5, 5.41) is 9.51. The van der Waals surface area contributed by atoms with Crippen molar-refractivity contribution in [3.05, 3.63) is 194 Å². The Morgan fingerprint density at radius 2 is 0.776 bits per heavy atom. The molecule has 0 N–H and O–H groups in total. The highest BCUT2D eigenvalue weighted by Gasteiger charge is 2.20. The summed E-state index contributed by atoms with van der Waals surface area (Å²) in [4.78, 5) is 5.39. The van der Waals surface area contributed by atoms with Crippen molar-refractivity contribution in [1.29, 1.82) is 0 Å². The summed E-state index contributed by atoms with van der Waals surface area (Å²) in [6, 6.07) is 69.5. The zero-order chi connectivity index (χ0) is 37.9. The first-order valence-corrected chi connectivity index (χ1v) is 19.7. The maximum Gasteiger partial charge on any atom is 0.138 e. The lowest BCUT2D eigenvalue weighted by molar-refractivity contribution is 0.669. The monoisotopic (exact) mass is 740 g/mol. The largest absolute Gasteiger partial charge is 0.456 e. The van der Waals surface area contributed by atoms with Gasteiger partial charge in [-0.3, -0.25) is 4.57 Å². The van der Waals surface area contributed by atoms with E-state index in [1.165, 1.54) is 43.6 Å². The van der Waals surface area contributed by atoms with Gasteiger partial charge in [0.1, 0.15) is 17.0 Å². The molecule has 58 heavy (non-hydrogen) atoms. The molecule has 0 atom stereocenters. The van der Waals surface area contributed by atoms with Crippen molar-refractivity contribution in [2.24, 2.45) is 0 Å². The van der Waals surface area contributed by atoms with Crippen LogP contribution in [-0.2, 0) is 0 Å². The fourth-order valence-electron chi connectivity index (χ4n) is 9.52. The molecule has 5 heteroatoms. The Hall–Kier alpha value is -7.89. The van der Waals surface area contributed by atoms with Gasteiger partial charge < -0.3 is 13.6 Å². The van der Waals surface area contributed by atoms with E-state index in [0.717, 1.165) is 72.2 Å². The number of para-hydroxylation sites is 5. The maximum absolute atomic E-state index is 6.16. The Balaban J connectivity index is 1.07. The third kappa shape index (κ3) is 4.38. The highest BCUT2D eigenvalue weighted by atomic mass is 16.3. The molecule has 13 aromatic rings. The van der Waals surface area contributed by atoms with Crippen LogP contribution in [0.25, 0.3) is 116 Å². The second-order valence-electron chi connectivity index (χ2n) is 15.2. The third-order valence-corrected chi connectivity index (χ3v) is 12.0. The Morgan fingerprint density at radius 1 is 0.310 bits per heavy atom. The SMILES string of the molecule is c1cc(-c2ccc3oc4ccccc4c3c2)nc(-n2c3ccc(-n4c5ccccc5c5ccccc54)cc3c3cc(-n4c5ccccc5c5ccccc54)ccc32)c1. The molecule has 0 fully saturated rings. The predicted molar refractivity (Wildman–Crippen MR) is 240 cm³/mol. The van der Waals surface area contributed by atoms with E-state index < -0.39 is 0 Å². The lowest BCUT2D eigenvalue weighted by atomic mass is 10.1. The van der Waals surface area contributed by atoms with Crippen molar-refractivity contribution in [3.8, 4) is 28.5 Å². The number of fused-ring (bicyclic) bond motifs is 12. The van der Waals surface area contributed by atoms with Gasteiger partial charge in [-0.1, -0.05) is 97.1 Å². The van der Waals surface area contributed by atoms with Crippen molar-refractivity contribution in [2.75, 3.05) is 0 Å². The van der Waals surface area contributed by atoms with Gasteiger partial charge in [-0.2, -0.15) is 0 Å². The van der Waals surface area contributed by atoms with Gasteiger partial charge in [0.25, 0.3) is 0 Å². The molecule has 270 valence electrons. The second kappa shape index (κ2) is 11.8. The van der Waals surface area contributed by atoms with Crippen molar-refractivity contribution < 1.29 is 4.42 Å². The molecule has 0 bridgehead atoms. The van der Waals surface area contributed by atoms with Crippen LogP contribution >= 0.6 is 0 Å². The summed E-state index contributed by atoms with van der Waals surface area (Å²) >= 11 is 0. The lowest BCUT2D eigenvalue weighted by Crippen LogP contribution is -1.99. The summed E-state index contributed by atoms with van der Waals surface area (Å²) in [5.41, 5.74) is 12.9. The van der Waals surface area contributed by atoms with Crippen molar-refractivity contribution in [2.45, 2.75) is 0 Å². The molecule has 0 unspecified atom stereocenters. The molecule has 0 aliphatic rings. The molecular weight excluding hydrogens is 709 g/mol. The third-order valence-electron chi connectivity index (χ3n) is 12.0. The van der Waals surface area contributed by atoms with E-state index in [9.17, 15) is 0 Å². The van der Waals surface area contributed by atoms with Crippen LogP contribution in [0.15, 0.2) is 199 Å². The molecule has 0 aliphatic carbocycles. The van der Waals surface area contributed by atoms with Crippen LogP contribution in [0.5, 0.6) is 0 Å². The normalized spacial score (nSPS) is 12.1. The van der Waals surface area contributed by atoms with Crippen LogP contribution < -0.4 is 0 Å². The molecule has 13 rings (SSSR count). The van der Waals surface area contributed by atoms with E-state index in [4.69, 9.17) is 9.40 Å². The Labute approximate surface area is 331 Å². The van der Waals surface area contributed by atoms with Crippen LogP contribution in [0, 0.1) is 0 Å². The molecule has 8 aromatic carbocycles. The van der Waals surface area contributed by atoms with Gasteiger partial charge >= 0.3 is 0 Å². The van der Waals surface area contributed by atoms with Crippen molar-refractivity contribution >= 4 is 87.4 Å². The first-order chi connectivity index (χ1) is 28.8. The number of furan rings is 1. The fourth-order valence-corrected chi connectivity index (χ4v) is 9.52. The smallest absolute Gasteiger partial charge is 0.138 e. The van der Waals surface area contributed by atoms with Gasteiger partial charge in [0.05, 0.1) is 38.8 Å². The van der Waals surface area contributed by atoms with Gasteiger partial charge in [0, 0.05) is 60.0 Å². The first kappa shape index (κ1) is 31.3. The molecular formula is C53H32N4O. The highest BCUT2D eigenvalue weighted by Crippen LogP contribution is 2.40. The Bertz CT molecular complexity index is 3540. The summed E-state index contributed by atoms with van der Waals surface area (Å²) in [6.45, 7) is 0. The topological polar surface area (TPSA) is 40.8 Å². The molecule has 5 nitrogen and oxygen atoms in total. The molecule has 0 saturated heterocycles. The van der Waals surface area contributed by atoms with E-state index in [2.05, 4.69) is 196 Å². The highest BCUT2D eigenvalue weighted by molar-refractivity contribution is 6.14. The summed E-state index contributed by atoms with van der Waals surface area (Å²) < 4.78 is 13.3. The van der Waals surface area contributed by atoms with E-state index in [0.29, 0.717) is 0 Å². The number of hydrogen-bond acceptors (Lipinski definition) is 2. The molecule has 5 heterocycles. The zero-order valence-corrected chi connectivity index (χ0v) is 31.2. The summed E-state index contributed by atoms with van der Waals surface area (Å²) in [5.74, 6) is 0.865. The van der Waals surface area contributed by atoms with E-state index in [1.54, 1.807) is 0 Å². The molecule has 0 amide bonds. The standard InChI is InChI=1S/C53H32N4O/c1-6-18-45-36(12-1)37-13-2-7-19-46(37)55(45)34-25-27-49-41(31-34)42-32-35(56-47-20-8-3-14-38(47)39-15-4-9-21-48(39)56)26-28-50(42)57(49)53-23-11-17-44(54-53)33-24-29-52-43(30-33)40-16-5-10-22-51(40)58-52/h1-32H. The molecule has 0 spiro atoms. The van der Waals surface area contributed by atoms with Crippen LogP contribution in [0.4, 0.5) is 0 Å². The fraction of sp³-hybridized carbons (Fsp3) is 0. The molecule has 5 aromatic heterocycles. The molecule has 0 aliphatic heterocycles. The molecule has 0 radical (unpaired) electrons. The van der Waals surface area contributed by atoms with Crippen molar-refractivity contribution in [3.63, 3.8) is 0 Å². The Morgan fingerprint density at radius 3 is 1.33 bits per heavy atom. The molecule has 0 saturated carbocycles. The predicted octanol–water partition coefficient (Wildman–Crippen LogP) is 13.9. The Kier molecular flexibility index (Phi) is 6.38. The van der Waals surface area contributed by atoms with Crippen LogP contribution in [0.1, 0.15) is 0 Å². The van der Waals surface area contributed by atoms with Gasteiger partial charge in [-0.25, -0.2) is 4.98 Å². The maximum atomic E-state index is 6.16. The lowest BCUT2D eigenvalue weighted by Gasteiger charge is -2.11. The number of aromatic nitrogens is 4. The summed E-state index contributed by atoms with van der Waals surface area (Å²) in [6.07, 6.45) is 0. The summed E-state index contributed by atoms with van der Waals surface area (Å²) in [7, 11) is 0. The number of hydrogen-bond donors (Lipinski definition) is 0. The van der Waals surface area contributed by atoms with Crippen LogP contribution in [-0.4, -0.2) is 18.7 Å². The minimum Gasteiger partial charge on any atom is -0.456 e. The van der Waals surface area contributed by atoms with Gasteiger partial charge in [0.2, 0.25) is 0 Å². The second-order valence-corrected chi connectivity index (χ2v) is 15.2. The van der Waals surface area contributed by atoms with Gasteiger partial charge in [0.15, 0.2) is 0 Å². The number of nitrogens with zero attached hydrogens (tertiary/aromatic N) is 4. The van der Waals surface area contributed by atoms with E-state index in [1.807, 2.05) is 12.1 Å². The van der Waals surface area contributed by atoms with E-state index in [-0.39, 0.29) is 0 Å². The van der Waals surface area contributed by atoms with Crippen molar-refractivity contribution in [1.82, 2.24) is 18.7 Å². The van der Waals surface area contributed by atoms with Gasteiger partial charge in [-0.05, 0) is 97.1 Å². The van der Waals surface area contributed by atoms with E-state index >= 15 is 0 Å². The first-order valence-electron chi connectivity index (χ1n) is 19.7. The zero-order valence-electron chi connectivity index (χ0n) is 31.2. The minimum atomic E-state index is 0.865. The average molecular weight is 741 g/mol. The minimum absolute atomic E-state index is 0.865. The number of rotatable bonds is 4. The van der Waals surface area contributed by atoms with Crippen LogP contribution in [0.3, 0.4) is 0 Å².